The van der Waals surface area contributed by atoms with Gasteiger partial charge in [0.1, 0.15) is 17.3 Å². The van der Waals surface area contributed by atoms with Crippen LogP contribution in [0.5, 0.6) is 11.8 Å². The Kier molecular flexibility index (Phi) is 7.47. The molecule has 10 heteroatoms. The zero-order valence-corrected chi connectivity index (χ0v) is 20.9. The number of amides is 1. The maximum atomic E-state index is 14.9. The van der Waals surface area contributed by atoms with Crippen molar-refractivity contribution in [3.8, 4) is 17.8 Å². The molecule has 3 heterocycles. The SMILES string of the molecule is N#Cc1ccc2[nH]cc(CCCCN3CCN(c4ccc(Oc5nccc(C(N)=O)n5)cc4F)CC3)c2c1. The molecule has 1 amide bonds. The number of nitrogens with one attached hydrogen (secondary N) is 1. The molecule has 0 spiro atoms. The van der Waals surface area contributed by atoms with Crippen LogP contribution in [0.1, 0.15) is 34.5 Å². The number of benzene rings is 2. The molecule has 0 radical (unpaired) electrons. The number of fused-ring (bicyclic) bond motifs is 1. The minimum absolute atomic E-state index is 0.0251. The zero-order valence-electron chi connectivity index (χ0n) is 20.9. The molecule has 1 saturated heterocycles. The highest BCUT2D eigenvalue weighted by Crippen LogP contribution is 2.27. The smallest absolute Gasteiger partial charge is 0.322 e. The van der Waals surface area contributed by atoms with Crippen molar-refractivity contribution in [1.29, 1.82) is 5.26 Å². The summed E-state index contributed by atoms with van der Waals surface area (Å²) in [6, 6.07) is 13.9. The van der Waals surface area contributed by atoms with Crippen molar-refractivity contribution in [1.82, 2.24) is 19.9 Å². The topological polar surface area (TPSA) is 124 Å². The van der Waals surface area contributed by atoms with Crippen LogP contribution in [-0.2, 0) is 6.42 Å². The molecule has 5 rings (SSSR count). The molecule has 2 aromatic heterocycles. The number of primary amides is 1. The molecular formula is C28H28FN7O2. The molecule has 1 aliphatic heterocycles. The average Bonchev–Trinajstić information content (AvgIpc) is 3.34. The number of nitrogens with zero attached hydrogens (tertiary/aromatic N) is 5. The fourth-order valence-corrected chi connectivity index (χ4v) is 4.76. The van der Waals surface area contributed by atoms with Crippen LogP contribution in [0, 0.1) is 17.1 Å². The number of unbranched alkanes of at least 4 members (excludes halogenated alkanes) is 1. The normalized spacial score (nSPS) is 13.9. The van der Waals surface area contributed by atoms with Gasteiger partial charge < -0.3 is 20.4 Å². The average molecular weight is 514 g/mol. The van der Waals surface area contributed by atoms with E-state index in [1.807, 2.05) is 29.3 Å². The summed E-state index contributed by atoms with van der Waals surface area (Å²) in [7, 11) is 0. The lowest BCUT2D eigenvalue weighted by atomic mass is 10.1. The van der Waals surface area contributed by atoms with Crippen LogP contribution >= 0.6 is 0 Å². The van der Waals surface area contributed by atoms with Crippen molar-refractivity contribution < 1.29 is 13.9 Å². The third kappa shape index (κ3) is 5.74. The molecule has 0 aliphatic carbocycles. The maximum absolute atomic E-state index is 14.9. The molecular weight excluding hydrogens is 485 g/mol. The summed E-state index contributed by atoms with van der Waals surface area (Å²) < 4.78 is 20.4. The first kappa shape index (κ1) is 25.2. The lowest BCUT2D eigenvalue weighted by molar-refractivity contribution is 0.0994. The molecule has 1 aliphatic rings. The molecule has 0 unspecified atom stereocenters. The number of aryl methyl sites for hydroxylation is 1. The fraction of sp³-hybridized carbons (Fsp3) is 0.286. The lowest BCUT2D eigenvalue weighted by Crippen LogP contribution is -2.46. The van der Waals surface area contributed by atoms with Gasteiger partial charge in [0.05, 0.1) is 17.3 Å². The first-order valence-electron chi connectivity index (χ1n) is 12.6. The number of carbonyl (C=O) groups excluding carboxylic acids is 1. The number of aromatic nitrogens is 3. The maximum Gasteiger partial charge on any atom is 0.322 e. The van der Waals surface area contributed by atoms with E-state index in [-0.39, 0.29) is 23.3 Å². The van der Waals surface area contributed by atoms with E-state index in [9.17, 15) is 9.18 Å². The number of ether oxygens (including phenoxy) is 1. The number of halogens is 1. The summed E-state index contributed by atoms with van der Waals surface area (Å²) in [4.78, 5) is 26.9. The first-order valence-corrected chi connectivity index (χ1v) is 12.6. The van der Waals surface area contributed by atoms with Crippen LogP contribution in [0.25, 0.3) is 10.9 Å². The van der Waals surface area contributed by atoms with E-state index >= 15 is 0 Å². The second-order valence-corrected chi connectivity index (χ2v) is 9.28. The Labute approximate surface area is 219 Å². The highest BCUT2D eigenvalue weighted by molar-refractivity contribution is 5.90. The van der Waals surface area contributed by atoms with Crippen molar-refractivity contribution in [2.24, 2.45) is 5.73 Å². The molecule has 0 saturated carbocycles. The van der Waals surface area contributed by atoms with Crippen molar-refractivity contribution in [3.05, 3.63) is 77.5 Å². The van der Waals surface area contributed by atoms with E-state index in [1.54, 1.807) is 12.1 Å². The van der Waals surface area contributed by atoms with Crippen LogP contribution in [0.2, 0.25) is 0 Å². The third-order valence-electron chi connectivity index (χ3n) is 6.79. The molecule has 194 valence electrons. The van der Waals surface area contributed by atoms with E-state index in [0.29, 0.717) is 11.3 Å². The minimum Gasteiger partial charge on any atom is -0.424 e. The van der Waals surface area contributed by atoms with Gasteiger partial charge in [0.2, 0.25) is 0 Å². The summed E-state index contributed by atoms with van der Waals surface area (Å²) in [5, 5.41) is 10.3. The summed E-state index contributed by atoms with van der Waals surface area (Å²) in [5.41, 5.74) is 8.77. The Balaban J connectivity index is 1.09. The van der Waals surface area contributed by atoms with E-state index in [0.717, 1.165) is 62.9 Å². The van der Waals surface area contributed by atoms with Crippen molar-refractivity contribution in [2.45, 2.75) is 19.3 Å². The molecule has 9 nitrogen and oxygen atoms in total. The molecule has 0 bridgehead atoms. The lowest BCUT2D eigenvalue weighted by Gasteiger charge is -2.36. The minimum atomic E-state index is -0.692. The van der Waals surface area contributed by atoms with Crippen molar-refractivity contribution in [3.63, 3.8) is 0 Å². The molecule has 3 N–H and O–H groups in total. The summed E-state index contributed by atoms with van der Waals surface area (Å²) in [5.74, 6) is -0.840. The number of rotatable bonds is 9. The highest BCUT2D eigenvalue weighted by Gasteiger charge is 2.20. The van der Waals surface area contributed by atoms with E-state index in [2.05, 4.69) is 25.9 Å². The predicted molar refractivity (Wildman–Crippen MR) is 142 cm³/mol. The first-order chi connectivity index (χ1) is 18.5. The third-order valence-corrected chi connectivity index (χ3v) is 6.79. The van der Waals surface area contributed by atoms with Gasteiger partial charge in [0, 0.05) is 55.5 Å². The Hall–Kier alpha value is -4.49. The van der Waals surface area contributed by atoms with Gasteiger partial charge >= 0.3 is 6.01 Å². The largest absolute Gasteiger partial charge is 0.424 e. The molecule has 1 fully saturated rings. The predicted octanol–water partition coefficient (Wildman–Crippen LogP) is 4.00. The number of hydrogen-bond donors (Lipinski definition) is 2. The van der Waals surface area contributed by atoms with Gasteiger partial charge in [-0.2, -0.15) is 10.2 Å². The highest BCUT2D eigenvalue weighted by atomic mass is 19.1. The quantitative estimate of drug-likeness (QED) is 0.324. The molecule has 2 aromatic carbocycles. The van der Waals surface area contributed by atoms with Gasteiger partial charge in [-0.1, -0.05) is 0 Å². The Morgan fingerprint density at radius 2 is 1.97 bits per heavy atom. The van der Waals surface area contributed by atoms with Crippen molar-refractivity contribution in [2.75, 3.05) is 37.6 Å². The van der Waals surface area contributed by atoms with E-state index < -0.39 is 5.91 Å². The number of H-pyrrole nitrogens is 1. The molecule has 38 heavy (non-hydrogen) atoms. The Morgan fingerprint density at radius 3 is 2.74 bits per heavy atom. The van der Waals surface area contributed by atoms with E-state index in [4.69, 9.17) is 15.7 Å². The standard InChI is InChI=1S/C28H28FN7O2/c29-23-16-21(38-28-32-9-8-25(34-28)27(31)37)5-7-26(23)36-13-11-35(12-14-36)10-2-1-3-20-18-33-24-6-4-19(17-30)15-22(20)24/h4-9,15-16,18,33H,1-3,10-14H2,(H2,31,37). The van der Waals surface area contributed by atoms with Gasteiger partial charge in [-0.05, 0) is 67.8 Å². The summed E-state index contributed by atoms with van der Waals surface area (Å²) in [6.07, 6.45) is 6.50. The van der Waals surface area contributed by atoms with Gasteiger partial charge in [-0.15, -0.1) is 0 Å². The second kappa shape index (κ2) is 11.3. The number of piperazine rings is 1. The summed E-state index contributed by atoms with van der Waals surface area (Å²) in [6.45, 7) is 4.20. The number of anilines is 1. The number of nitrogens with two attached hydrogens (primary N) is 1. The second-order valence-electron chi connectivity index (χ2n) is 9.28. The van der Waals surface area contributed by atoms with Crippen LogP contribution in [0.15, 0.2) is 54.9 Å². The number of carbonyl (C=O) groups is 1. The van der Waals surface area contributed by atoms with Crippen LogP contribution < -0.4 is 15.4 Å². The molecule has 4 aromatic rings. The number of nitriles is 1. The summed E-state index contributed by atoms with van der Waals surface area (Å²) >= 11 is 0. The number of hydrogen-bond acceptors (Lipinski definition) is 7. The monoisotopic (exact) mass is 513 g/mol. The van der Waals surface area contributed by atoms with Gasteiger partial charge in [0.25, 0.3) is 5.91 Å². The fourth-order valence-electron chi connectivity index (χ4n) is 4.76. The molecule has 0 atom stereocenters. The van der Waals surface area contributed by atoms with Crippen molar-refractivity contribution >= 4 is 22.5 Å². The number of aromatic amines is 1. The van der Waals surface area contributed by atoms with Crippen LogP contribution in [-0.4, -0.2) is 58.5 Å². The zero-order chi connectivity index (χ0) is 26.5. The van der Waals surface area contributed by atoms with Gasteiger partial charge in [-0.3, -0.25) is 9.69 Å². The van der Waals surface area contributed by atoms with Gasteiger partial charge in [0.15, 0.2) is 0 Å². The van der Waals surface area contributed by atoms with Gasteiger partial charge in [-0.25, -0.2) is 9.37 Å². The Morgan fingerprint density at radius 1 is 1.13 bits per heavy atom. The van der Waals surface area contributed by atoms with E-state index in [1.165, 1.54) is 23.9 Å². The van der Waals surface area contributed by atoms with Crippen LogP contribution in [0.3, 0.4) is 0 Å². The Bertz CT molecular complexity index is 1490. The van der Waals surface area contributed by atoms with Crippen LogP contribution in [0.4, 0.5) is 10.1 Å².